The number of thiophene rings is 1. The van der Waals surface area contributed by atoms with Crippen molar-refractivity contribution in [1.29, 1.82) is 0 Å². The summed E-state index contributed by atoms with van der Waals surface area (Å²) >= 11 is 2.94. The van der Waals surface area contributed by atoms with Crippen LogP contribution in [0.3, 0.4) is 0 Å². The average Bonchev–Trinajstić information content (AvgIpc) is 3.24. The summed E-state index contributed by atoms with van der Waals surface area (Å²) < 4.78 is 0. The molecule has 0 atom stereocenters. The number of anilines is 1. The summed E-state index contributed by atoms with van der Waals surface area (Å²) in [7, 11) is 0. The number of nitrogens with one attached hydrogen (secondary N) is 2. The highest BCUT2D eigenvalue weighted by Crippen LogP contribution is 2.24. The normalized spacial score (nSPS) is 11.0. The van der Waals surface area contributed by atoms with Crippen LogP contribution in [-0.2, 0) is 5.75 Å². The number of carbonyl (C=O) groups excluding carboxylic acids is 1. The molecule has 5 nitrogen and oxygen atoms in total. The van der Waals surface area contributed by atoms with Gasteiger partial charge in [0.15, 0.2) is 0 Å². The molecule has 0 spiro atoms. The van der Waals surface area contributed by atoms with E-state index in [-0.39, 0.29) is 11.5 Å². The SMILES string of the molecule is Cc1cc2nc(CSc3ccc(NC(=O)c4cccs4)cc3)c(=O)[nH]c2cc1C. The molecule has 0 aliphatic rings. The average molecular weight is 422 g/mol. The molecule has 0 bridgehead atoms. The third-order valence-corrected chi connectivity index (χ3v) is 6.50. The van der Waals surface area contributed by atoms with Crippen molar-refractivity contribution in [2.24, 2.45) is 0 Å². The van der Waals surface area contributed by atoms with Crippen LogP contribution in [0.2, 0.25) is 0 Å². The Morgan fingerprint density at radius 3 is 2.62 bits per heavy atom. The molecule has 0 unspecified atom stereocenters. The van der Waals surface area contributed by atoms with Crippen LogP contribution < -0.4 is 10.9 Å². The summed E-state index contributed by atoms with van der Waals surface area (Å²) in [6.07, 6.45) is 0. The number of fused-ring (bicyclic) bond motifs is 1. The molecule has 29 heavy (non-hydrogen) atoms. The zero-order chi connectivity index (χ0) is 20.4. The molecule has 0 fully saturated rings. The Hall–Kier alpha value is -2.90. The van der Waals surface area contributed by atoms with E-state index in [4.69, 9.17) is 0 Å². The van der Waals surface area contributed by atoms with Crippen molar-refractivity contribution >= 4 is 45.7 Å². The van der Waals surface area contributed by atoms with Gasteiger partial charge in [0.2, 0.25) is 0 Å². The molecule has 0 aliphatic heterocycles. The van der Waals surface area contributed by atoms with Gasteiger partial charge in [-0.15, -0.1) is 23.1 Å². The van der Waals surface area contributed by atoms with Gasteiger partial charge in [-0.3, -0.25) is 9.59 Å². The van der Waals surface area contributed by atoms with Crippen molar-refractivity contribution in [3.05, 3.63) is 86.0 Å². The molecule has 7 heteroatoms. The first-order valence-corrected chi connectivity index (χ1v) is 10.9. The second-order valence-electron chi connectivity index (χ2n) is 6.71. The van der Waals surface area contributed by atoms with Crippen LogP contribution in [-0.4, -0.2) is 15.9 Å². The third-order valence-electron chi connectivity index (χ3n) is 4.61. The minimum Gasteiger partial charge on any atom is -0.321 e. The van der Waals surface area contributed by atoms with Gasteiger partial charge in [0.1, 0.15) is 5.69 Å². The van der Waals surface area contributed by atoms with Gasteiger partial charge in [-0.25, -0.2) is 4.98 Å². The standard InChI is InChI=1S/C22H19N3O2S2/c1-13-10-17-18(11-14(13)2)25-21(26)19(24-17)12-29-16-7-5-15(6-8-16)23-22(27)20-4-3-9-28-20/h3-11H,12H2,1-2H3,(H,23,27)(H,25,26). The summed E-state index contributed by atoms with van der Waals surface area (Å²) in [5, 5.41) is 4.75. The van der Waals surface area contributed by atoms with Crippen molar-refractivity contribution in [3.8, 4) is 0 Å². The van der Waals surface area contributed by atoms with Crippen LogP contribution in [0.1, 0.15) is 26.5 Å². The first-order chi connectivity index (χ1) is 14.0. The molecule has 146 valence electrons. The lowest BCUT2D eigenvalue weighted by atomic mass is 10.1. The molecule has 0 aliphatic carbocycles. The van der Waals surface area contributed by atoms with Crippen LogP contribution in [0.25, 0.3) is 11.0 Å². The van der Waals surface area contributed by atoms with E-state index < -0.39 is 0 Å². The lowest BCUT2D eigenvalue weighted by Gasteiger charge is -2.07. The van der Waals surface area contributed by atoms with E-state index in [0.29, 0.717) is 16.3 Å². The number of hydrogen-bond acceptors (Lipinski definition) is 5. The first-order valence-electron chi connectivity index (χ1n) is 9.07. The van der Waals surface area contributed by atoms with Crippen molar-refractivity contribution in [2.45, 2.75) is 24.5 Å². The monoisotopic (exact) mass is 421 g/mol. The zero-order valence-corrected chi connectivity index (χ0v) is 17.6. The van der Waals surface area contributed by atoms with E-state index in [1.165, 1.54) is 23.1 Å². The minimum atomic E-state index is -0.159. The number of carbonyl (C=O) groups is 1. The molecule has 2 aromatic carbocycles. The highest BCUT2D eigenvalue weighted by molar-refractivity contribution is 7.98. The summed E-state index contributed by atoms with van der Waals surface area (Å²) in [6.45, 7) is 4.05. The summed E-state index contributed by atoms with van der Waals surface area (Å²) in [5.41, 5.74) is 4.92. The van der Waals surface area contributed by atoms with Gasteiger partial charge in [-0.1, -0.05) is 6.07 Å². The van der Waals surface area contributed by atoms with Crippen LogP contribution in [0.4, 0.5) is 5.69 Å². The Morgan fingerprint density at radius 1 is 1.14 bits per heavy atom. The van der Waals surface area contributed by atoms with Gasteiger partial charge in [0, 0.05) is 16.3 Å². The van der Waals surface area contributed by atoms with Crippen LogP contribution in [0.15, 0.2) is 63.6 Å². The van der Waals surface area contributed by atoms with Gasteiger partial charge >= 0.3 is 0 Å². The number of hydrogen-bond donors (Lipinski definition) is 2. The van der Waals surface area contributed by atoms with Gasteiger partial charge in [-0.2, -0.15) is 0 Å². The van der Waals surface area contributed by atoms with Crippen molar-refractivity contribution < 1.29 is 4.79 Å². The number of aromatic amines is 1. The van der Waals surface area contributed by atoms with E-state index in [1.54, 1.807) is 6.07 Å². The highest BCUT2D eigenvalue weighted by atomic mass is 32.2. The van der Waals surface area contributed by atoms with Crippen LogP contribution in [0.5, 0.6) is 0 Å². The molecule has 2 heterocycles. The predicted octanol–water partition coefficient (Wildman–Crippen LogP) is 5.15. The maximum atomic E-state index is 12.4. The summed E-state index contributed by atoms with van der Waals surface area (Å²) in [4.78, 5) is 33.6. The molecular weight excluding hydrogens is 402 g/mol. The minimum absolute atomic E-state index is 0.113. The van der Waals surface area contributed by atoms with Crippen LogP contribution >= 0.6 is 23.1 Å². The lowest BCUT2D eigenvalue weighted by Crippen LogP contribution is -2.14. The molecule has 0 saturated heterocycles. The molecule has 4 rings (SSSR count). The molecule has 0 radical (unpaired) electrons. The largest absolute Gasteiger partial charge is 0.321 e. The summed E-state index contributed by atoms with van der Waals surface area (Å²) in [6, 6.07) is 15.2. The number of nitrogens with zero attached hydrogens (tertiary/aromatic N) is 1. The number of benzene rings is 2. The Morgan fingerprint density at radius 2 is 1.90 bits per heavy atom. The second kappa shape index (κ2) is 8.23. The molecular formula is C22H19N3O2S2. The molecule has 1 amide bonds. The molecule has 2 aromatic heterocycles. The number of H-pyrrole nitrogens is 1. The molecule has 2 N–H and O–H groups in total. The maximum absolute atomic E-state index is 12.4. The number of aryl methyl sites for hydroxylation is 2. The fourth-order valence-electron chi connectivity index (χ4n) is 2.87. The van der Waals surface area contributed by atoms with Gasteiger partial charge in [0.25, 0.3) is 11.5 Å². The zero-order valence-electron chi connectivity index (χ0n) is 16.0. The Labute approximate surface area is 176 Å². The third kappa shape index (κ3) is 4.41. The Bertz CT molecular complexity index is 1230. The van der Waals surface area contributed by atoms with Crippen molar-refractivity contribution in [3.63, 3.8) is 0 Å². The quantitative estimate of drug-likeness (QED) is 0.437. The summed E-state index contributed by atoms with van der Waals surface area (Å²) in [5.74, 6) is 0.358. The van der Waals surface area contributed by atoms with E-state index in [2.05, 4.69) is 15.3 Å². The van der Waals surface area contributed by atoms with E-state index in [0.717, 1.165) is 32.7 Å². The van der Waals surface area contributed by atoms with Crippen LogP contribution in [0, 0.1) is 13.8 Å². The Kier molecular flexibility index (Phi) is 5.51. The number of aromatic nitrogens is 2. The molecule has 4 aromatic rings. The van der Waals surface area contributed by atoms with Gasteiger partial charge in [-0.05, 0) is 72.8 Å². The first kappa shape index (κ1) is 19.4. The highest BCUT2D eigenvalue weighted by Gasteiger charge is 2.09. The lowest BCUT2D eigenvalue weighted by molar-refractivity contribution is 0.103. The number of rotatable bonds is 5. The van der Waals surface area contributed by atoms with E-state index >= 15 is 0 Å². The number of amides is 1. The maximum Gasteiger partial charge on any atom is 0.271 e. The number of thioether (sulfide) groups is 1. The van der Waals surface area contributed by atoms with E-state index in [1.807, 2.05) is 61.7 Å². The topological polar surface area (TPSA) is 74.8 Å². The fourth-order valence-corrected chi connectivity index (χ4v) is 4.32. The Balaban J connectivity index is 1.45. The predicted molar refractivity (Wildman–Crippen MR) is 120 cm³/mol. The fraction of sp³-hybridized carbons (Fsp3) is 0.136. The van der Waals surface area contributed by atoms with Gasteiger partial charge in [0.05, 0.1) is 15.9 Å². The second-order valence-corrected chi connectivity index (χ2v) is 8.71. The molecule has 0 saturated carbocycles. The van der Waals surface area contributed by atoms with Crippen molar-refractivity contribution in [1.82, 2.24) is 9.97 Å². The van der Waals surface area contributed by atoms with E-state index in [9.17, 15) is 9.59 Å². The smallest absolute Gasteiger partial charge is 0.271 e. The van der Waals surface area contributed by atoms with Crippen molar-refractivity contribution in [2.75, 3.05) is 5.32 Å². The van der Waals surface area contributed by atoms with Gasteiger partial charge < -0.3 is 10.3 Å².